The first-order valence-electron chi connectivity index (χ1n) is 7.72. The minimum atomic E-state index is -0.183. The van der Waals surface area contributed by atoms with Crippen LogP contribution in [0.4, 0.5) is 5.69 Å². The Kier molecular flexibility index (Phi) is 4.44. The Labute approximate surface area is 158 Å². The SMILES string of the molecule is Brc1ccc([C@@H]2Nc3ccc(Br)cc3[C@H](c3ccccc3)O2)cc1. The highest BCUT2D eigenvalue weighted by molar-refractivity contribution is 9.10. The Morgan fingerprint density at radius 2 is 1.46 bits per heavy atom. The molecule has 1 aliphatic heterocycles. The van der Waals surface area contributed by atoms with Crippen LogP contribution in [0.25, 0.3) is 0 Å². The maximum atomic E-state index is 6.43. The number of nitrogens with one attached hydrogen (secondary N) is 1. The third-order valence-corrected chi connectivity index (χ3v) is 5.15. The second-order valence-electron chi connectivity index (χ2n) is 5.73. The van der Waals surface area contributed by atoms with Crippen molar-refractivity contribution in [1.29, 1.82) is 0 Å². The molecular formula is C20H15Br2NO. The van der Waals surface area contributed by atoms with Crippen LogP contribution in [-0.2, 0) is 4.74 Å². The second-order valence-corrected chi connectivity index (χ2v) is 7.57. The molecule has 24 heavy (non-hydrogen) atoms. The number of halogens is 2. The zero-order valence-corrected chi connectivity index (χ0v) is 15.9. The molecule has 4 rings (SSSR count). The summed E-state index contributed by atoms with van der Waals surface area (Å²) in [7, 11) is 0. The van der Waals surface area contributed by atoms with Crippen molar-refractivity contribution in [1.82, 2.24) is 0 Å². The highest BCUT2D eigenvalue weighted by atomic mass is 79.9. The monoisotopic (exact) mass is 443 g/mol. The number of ether oxygens (including phenoxy) is 1. The third kappa shape index (κ3) is 3.14. The number of hydrogen-bond acceptors (Lipinski definition) is 2. The predicted octanol–water partition coefficient (Wildman–Crippen LogP) is 6.44. The smallest absolute Gasteiger partial charge is 0.155 e. The van der Waals surface area contributed by atoms with Gasteiger partial charge in [0, 0.05) is 25.8 Å². The average molecular weight is 445 g/mol. The van der Waals surface area contributed by atoms with Crippen LogP contribution < -0.4 is 5.32 Å². The van der Waals surface area contributed by atoms with Crippen molar-refractivity contribution in [2.75, 3.05) is 5.32 Å². The fourth-order valence-electron chi connectivity index (χ4n) is 2.95. The summed E-state index contributed by atoms with van der Waals surface area (Å²) in [5.74, 6) is 0. The zero-order valence-electron chi connectivity index (χ0n) is 12.7. The van der Waals surface area contributed by atoms with E-state index in [4.69, 9.17) is 4.74 Å². The van der Waals surface area contributed by atoms with Gasteiger partial charge in [-0.05, 0) is 35.9 Å². The van der Waals surface area contributed by atoms with Gasteiger partial charge in [0.2, 0.25) is 0 Å². The van der Waals surface area contributed by atoms with Crippen molar-refractivity contribution in [3.63, 3.8) is 0 Å². The molecule has 0 unspecified atom stereocenters. The van der Waals surface area contributed by atoms with Gasteiger partial charge in [0.05, 0.1) is 0 Å². The molecule has 3 aromatic carbocycles. The van der Waals surface area contributed by atoms with Gasteiger partial charge in [-0.25, -0.2) is 0 Å². The molecular weight excluding hydrogens is 430 g/mol. The Morgan fingerprint density at radius 1 is 0.750 bits per heavy atom. The molecule has 4 heteroatoms. The Hall–Kier alpha value is -1.62. The quantitative estimate of drug-likeness (QED) is 0.490. The van der Waals surface area contributed by atoms with E-state index in [0.29, 0.717) is 0 Å². The third-order valence-electron chi connectivity index (χ3n) is 4.13. The first-order chi connectivity index (χ1) is 11.7. The topological polar surface area (TPSA) is 21.3 Å². The van der Waals surface area contributed by atoms with E-state index in [2.05, 4.69) is 79.6 Å². The van der Waals surface area contributed by atoms with Crippen LogP contribution in [0, 0.1) is 0 Å². The number of rotatable bonds is 2. The Morgan fingerprint density at radius 3 is 2.21 bits per heavy atom. The summed E-state index contributed by atoms with van der Waals surface area (Å²) in [6, 6.07) is 24.8. The maximum Gasteiger partial charge on any atom is 0.155 e. The lowest BCUT2D eigenvalue weighted by molar-refractivity contribution is 0.0157. The molecule has 2 nitrogen and oxygen atoms in total. The van der Waals surface area contributed by atoms with Gasteiger partial charge in [0.15, 0.2) is 6.23 Å². The van der Waals surface area contributed by atoms with E-state index in [1.54, 1.807) is 0 Å². The molecule has 0 aromatic heterocycles. The van der Waals surface area contributed by atoms with Crippen LogP contribution in [0.15, 0.2) is 81.7 Å². The maximum absolute atomic E-state index is 6.43. The van der Waals surface area contributed by atoms with E-state index >= 15 is 0 Å². The number of hydrogen-bond donors (Lipinski definition) is 1. The number of anilines is 1. The molecule has 0 aliphatic carbocycles. The summed E-state index contributed by atoms with van der Waals surface area (Å²) in [6.07, 6.45) is -0.287. The summed E-state index contributed by atoms with van der Waals surface area (Å²) in [6.45, 7) is 0. The molecule has 120 valence electrons. The van der Waals surface area contributed by atoms with E-state index in [1.165, 1.54) is 0 Å². The molecule has 1 heterocycles. The van der Waals surface area contributed by atoms with E-state index in [1.807, 2.05) is 30.3 Å². The minimum Gasteiger partial charge on any atom is -0.356 e. The van der Waals surface area contributed by atoms with Crippen LogP contribution in [0.1, 0.15) is 29.0 Å². The van der Waals surface area contributed by atoms with Crippen LogP contribution in [0.5, 0.6) is 0 Å². The molecule has 0 bridgehead atoms. The van der Waals surface area contributed by atoms with Crippen molar-refractivity contribution >= 4 is 37.5 Å². The molecule has 3 aromatic rings. The van der Waals surface area contributed by atoms with Gasteiger partial charge in [-0.2, -0.15) is 0 Å². The van der Waals surface area contributed by atoms with Crippen molar-refractivity contribution in [3.8, 4) is 0 Å². The standard InChI is InChI=1S/C20H15Br2NO/c21-15-8-6-14(7-9-15)20-23-18-11-10-16(22)12-17(18)19(24-20)13-4-2-1-3-5-13/h1-12,19-20,23H/t19-,20+/m0/s1. The van der Waals surface area contributed by atoms with E-state index in [-0.39, 0.29) is 12.3 Å². The Balaban J connectivity index is 1.77. The molecule has 0 amide bonds. The summed E-state index contributed by atoms with van der Waals surface area (Å²) in [4.78, 5) is 0. The van der Waals surface area contributed by atoms with Gasteiger partial charge < -0.3 is 10.1 Å². The van der Waals surface area contributed by atoms with Gasteiger partial charge in [-0.15, -0.1) is 0 Å². The fourth-order valence-corrected chi connectivity index (χ4v) is 3.60. The predicted molar refractivity (Wildman–Crippen MR) is 104 cm³/mol. The number of benzene rings is 3. The molecule has 0 spiro atoms. The van der Waals surface area contributed by atoms with Gasteiger partial charge in [0.25, 0.3) is 0 Å². The van der Waals surface area contributed by atoms with Gasteiger partial charge in [-0.3, -0.25) is 0 Å². The molecule has 0 saturated heterocycles. The largest absolute Gasteiger partial charge is 0.356 e. The van der Waals surface area contributed by atoms with Crippen molar-refractivity contribution in [3.05, 3.63) is 98.4 Å². The normalized spacial score (nSPS) is 19.4. The molecule has 1 N–H and O–H groups in total. The molecule has 0 radical (unpaired) electrons. The summed E-state index contributed by atoms with van der Waals surface area (Å²) < 4.78 is 8.54. The highest BCUT2D eigenvalue weighted by Crippen LogP contribution is 2.42. The van der Waals surface area contributed by atoms with Crippen LogP contribution in [0.2, 0.25) is 0 Å². The Bertz CT molecular complexity index is 849. The van der Waals surface area contributed by atoms with Gasteiger partial charge in [-0.1, -0.05) is 74.3 Å². The molecule has 0 fully saturated rings. The highest BCUT2D eigenvalue weighted by Gasteiger charge is 2.29. The zero-order chi connectivity index (χ0) is 16.5. The molecule has 0 saturated carbocycles. The van der Waals surface area contributed by atoms with Crippen molar-refractivity contribution < 1.29 is 4.74 Å². The van der Waals surface area contributed by atoms with Crippen molar-refractivity contribution in [2.45, 2.75) is 12.3 Å². The minimum absolute atomic E-state index is 0.103. The van der Waals surface area contributed by atoms with Crippen LogP contribution in [-0.4, -0.2) is 0 Å². The molecule has 2 atom stereocenters. The fraction of sp³-hybridized carbons (Fsp3) is 0.100. The van der Waals surface area contributed by atoms with E-state index < -0.39 is 0 Å². The van der Waals surface area contributed by atoms with Crippen molar-refractivity contribution in [2.24, 2.45) is 0 Å². The number of fused-ring (bicyclic) bond motifs is 1. The lowest BCUT2D eigenvalue weighted by atomic mass is 9.97. The summed E-state index contributed by atoms with van der Waals surface area (Å²) in [5.41, 5.74) is 4.50. The van der Waals surface area contributed by atoms with E-state index in [9.17, 15) is 0 Å². The average Bonchev–Trinajstić information content (AvgIpc) is 2.62. The van der Waals surface area contributed by atoms with E-state index in [0.717, 1.165) is 31.3 Å². The van der Waals surface area contributed by atoms with Crippen LogP contribution in [0.3, 0.4) is 0 Å². The first-order valence-corrected chi connectivity index (χ1v) is 9.31. The van der Waals surface area contributed by atoms with Crippen LogP contribution >= 0.6 is 31.9 Å². The lowest BCUT2D eigenvalue weighted by Gasteiger charge is -2.34. The molecule has 1 aliphatic rings. The lowest BCUT2D eigenvalue weighted by Crippen LogP contribution is -2.25. The summed E-state index contributed by atoms with van der Waals surface area (Å²) in [5, 5.41) is 3.50. The second kappa shape index (κ2) is 6.71. The van der Waals surface area contributed by atoms with Gasteiger partial charge in [0.1, 0.15) is 6.10 Å². The first kappa shape index (κ1) is 15.9. The van der Waals surface area contributed by atoms with Gasteiger partial charge >= 0.3 is 0 Å². The summed E-state index contributed by atoms with van der Waals surface area (Å²) >= 11 is 7.06.